The second kappa shape index (κ2) is 7.76. The number of halogens is 1. The quantitative estimate of drug-likeness (QED) is 0.600. The van der Waals surface area contributed by atoms with Crippen molar-refractivity contribution in [1.29, 1.82) is 0 Å². The third-order valence-corrected chi connectivity index (χ3v) is 7.69. The van der Waals surface area contributed by atoms with Crippen LogP contribution in [0.3, 0.4) is 0 Å². The van der Waals surface area contributed by atoms with Gasteiger partial charge in [-0.1, -0.05) is 6.07 Å². The maximum absolute atomic E-state index is 13.8. The Morgan fingerprint density at radius 2 is 1.97 bits per heavy atom. The van der Waals surface area contributed by atoms with Gasteiger partial charge < -0.3 is 16.4 Å². The number of aromatic nitrogens is 4. The fourth-order valence-electron chi connectivity index (χ4n) is 5.77. The number of piperidine rings is 1. The number of amides is 1. The number of hydrogen-bond acceptors (Lipinski definition) is 7. The van der Waals surface area contributed by atoms with Gasteiger partial charge in [0, 0.05) is 38.3 Å². The average Bonchev–Trinajstić information content (AvgIpc) is 3.43. The van der Waals surface area contributed by atoms with Crippen LogP contribution in [0.15, 0.2) is 36.7 Å². The summed E-state index contributed by atoms with van der Waals surface area (Å²) in [5.41, 5.74) is 15.0. The van der Waals surface area contributed by atoms with Crippen molar-refractivity contribution in [3.8, 4) is 0 Å². The largest absolute Gasteiger partial charge is 0.382 e. The highest BCUT2D eigenvalue weighted by Crippen LogP contribution is 2.51. The average molecular weight is 463 g/mol. The van der Waals surface area contributed by atoms with E-state index in [-0.39, 0.29) is 34.7 Å². The summed E-state index contributed by atoms with van der Waals surface area (Å²) in [4.78, 5) is 25.9. The minimum atomic E-state index is -0.266. The minimum absolute atomic E-state index is 0.0707. The van der Waals surface area contributed by atoms with E-state index in [0.717, 1.165) is 62.3 Å². The van der Waals surface area contributed by atoms with Gasteiger partial charge in [0.15, 0.2) is 11.5 Å². The number of nitrogens with two attached hydrogens (primary N) is 2. The van der Waals surface area contributed by atoms with Gasteiger partial charge in [-0.3, -0.25) is 9.69 Å². The first-order chi connectivity index (χ1) is 16.4. The number of aryl methyl sites for hydroxylation is 1. The molecule has 34 heavy (non-hydrogen) atoms. The lowest BCUT2D eigenvalue weighted by molar-refractivity contribution is 0.0977. The number of benzene rings is 1. The Morgan fingerprint density at radius 1 is 1.15 bits per heavy atom. The van der Waals surface area contributed by atoms with Crippen molar-refractivity contribution in [2.75, 3.05) is 35.2 Å². The van der Waals surface area contributed by atoms with Crippen LogP contribution in [0.1, 0.15) is 46.9 Å². The van der Waals surface area contributed by atoms with Gasteiger partial charge in [0.05, 0.1) is 12.4 Å². The van der Waals surface area contributed by atoms with Gasteiger partial charge in [-0.05, 0) is 54.4 Å². The zero-order chi connectivity index (χ0) is 23.4. The zero-order valence-corrected chi connectivity index (χ0v) is 18.8. The Bertz CT molecular complexity index is 1270. The molecule has 10 heteroatoms. The predicted octanol–water partition coefficient (Wildman–Crippen LogP) is 2.29. The molecule has 0 saturated carbocycles. The van der Waals surface area contributed by atoms with Crippen molar-refractivity contribution >= 4 is 23.4 Å². The predicted molar refractivity (Wildman–Crippen MR) is 126 cm³/mol. The summed E-state index contributed by atoms with van der Waals surface area (Å²) in [6, 6.07) is 6.60. The molecule has 0 bridgehead atoms. The molecule has 1 aliphatic carbocycles. The minimum Gasteiger partial charge on any atom is -0.382 e. The summed E-state index contributed by atoms with van der Waals surface area (Å²) < 4.78 is 15.6. The SMILES string of the molecule is Nc1nc(N2CCC3(CC2)Cc2ccc(F)cc2C3N)cnc1C(=O)N1CCCn2nccc21. The van der Waals surface area contributed by atoms with Crippen LogP contribution in [0.2, 0.25) is 0 Å². The third kappa shape index (κ3) is 3.24. The zero-order valence-electron chi connectivity index (χ0n) is 18.8. The second-order valence-electron chi connectivity index (χ2n) is 9.53. The molecular weight excluding hydrogens is 435 g/mol. The lowest BCUT2D eigenvalue weighted by atomic mass is 9.73. The number of carbonyl (C=O) groups excluding carboxylic acids is 1. The van der Waals surface area contributed by atoms with E-state index in [1.165, 1.54) is 6.07 Å². The molecule has 1 saturated heterocycles. The van der Waals surface area contributed by atoms with Crippen molar-refractivity contribution in [1.82, 2.24) is 19.7 Å². The molecule has 2 aliphatic heterocycles. The number of nitrogens with zero attached hydrogens (tertiary/aromatic N) is 6. The Kier molecular flexibility index (Phi) is 4.80. The van der Waals surface area contributed by atoms with Crippen LogP contribution >= 0.6 is 0 Å². The Balaban J connectivity index is 1.17. The van der Waals surface area contributed by atoms with Gasteiger partial charge >= 0.3 is 0 Å². The van der Waals surface area contributed by atoms with Crippen LogP contribution in [0.5, 0.6) is 0 Å². The number of rotatable bonds is 2. The second-order valence-corrected chi connectivity index (χ2v) is 9.53. The molecule has 3 aromatic rings. The molecule has 1 amide bonds. The summed E-state index contributed by atoms with van der Waals surface area (Å²) >= 11 is 0. The Labute approximate surface area is 196 Å². The van der Waals surface area contributed by atoms with Crippen molar-refractivity contribution in [2.24, 2.45) is 11.1 Å². The molecule has 1 spiro atoms. The van der Waals surface area contributed by atoms with Gasteiger partial charge in [0.25, 0.3) is 5.91 Å². The molecule has 1 aromatic carbocycles. The molecule has 1 atom stereocenters. The molecule has 1 unspecified atom stereocenters. The number of hydrogen-bond donors (Lipinski definition) is 2. The Hall–Kier alpha value is -3.53. The first-order valence-corrected chi connectivity index (χ1v) is 11.7. The molecule has 6 rings (SSSR count). The molecular formula is C24H27FN8O. The van der Waals surface area contributed by atoms with Gasteiger partial charge in [-0.2, -0.15) is 5.10 Å². The monoisotopic (exact) mass is 462 g/mol. The molecule has 176 valence electrons. The highest BCUT2D eigenvalue weighted by atomic mass is 19.1. The van der Waals surface area contributed by atoms with Gasteiger partial charge in [0.1, 0.15) is 17.5 Å². The van der Waals surface area contributed by atoms with Gasteiger partial charge in [0.2, 0.25) is 0 Å². The van der Waals surface area contributed by atoms with E-state index in [4.69, 9.17) is 11.5 Å². The van der Waals surface area contributed by atoms with E-state index in [0.29, 0.717) is 12.4 Å². The highest BCUT2D eigenvalue weighted by Gasteiger charge is 2.46. The number of anilines is 3. The van der Waals surface area contributed by atoms with E-state index in [1.54, 1.807) is 23.4 Å². The maximum atomic E-state index is 13.8. The molecule has 3 aliphatic rings. The van der Waals surface area contributed by atoms with Crippen molar-refractivity contribution in [3.63, 3.8) is 0 Å². The molecule has 0 radical (unpaired) electrons. The van der Waals surface area contributed by atoms with Gasteiger partial charge in [-0.15, -0.1) is 0 Å². The van der Waals surface area contributed by atoms with E-state index < -0.39 is 0 Å². The maximum Gasteiger partial charge on any atom is 0.281 e. The van der Waals surface area contributed by atoms with E-state index in [2.05, 4.69) is 20.0 Å². The van der Waals surface area contributed by atoms with Crippen LogP contribution in [0.4, 0.5) is 21.8 Å². The normalized spacial score (nSPS) is 20.9. The molecule has 2 aromatic heterocycles. The topological polar surface area (TPSA) is 119 Å². The molecule has 4 heterocycles. The Morgan fingerprint density at radius 3 is 2.76 bits per heavy atom. The van der Waals surface area contributed by atoms with Gasteiger partial charge in [-0.25, -0.2) is 19.0 Å². The molecule has 9 nitrogen and oxygen atoms in total. The lowest BCUT2D eigenvalue weighted by Crippen LogP contribution is -2.44. The van der Waals surface area contributed by atoms with Crippen molar-refractivity contribution < 1.29 is 9.18 Å². The number of carbonyl (C=O) groups is 1. The fourth-order valence-corrected chi connectivity index (χ4v) is 5.77. The first kappa shape index (κ1) is 21.0. The number of nitrogen functional groups attached to an aromatic ring is 1. The smallest absolute Gasteiger partial charge is 0.281 e. The third-order valence-electron chi connectivity index (χ3n) is 7.69. The lowest BCUT2D eigenvalue weighted by Gasteiger charge is -2.42. The highest BCUT2D eigenvalue weighted by molar-refractivity contribution is 6.07. The van der Waals surface area contributed by atoms with Crippen molar-refractivity contribution in [2.45, 2.75) is 38.3 Å². The summed E-state index contributed by atoms with van der Waals surface area (Å²) in [5.74, 6) is 1.02. The standard InChI is InChI=1S/C24H27FN8O/c25-16-3-2-15-13-24(21(26)17(15)12-16)5-10-31(11-6-24)18-14-28-20(22(27)30-18)23(34)32-8-1-9-33-19(32)4-7-29-33/h2-4,7,12,14,21H,1,5-6,8-11,13,26H2,(H2,27,30). The van der Waals surface area contributed by atoms with Crippen LogP contribution < -0.4 is 21.3 Å². The van der Waals surface area contributed by atoms with E-state index in [1.807, 2.05) is 16.8 Å². The molecule has 1 fully saturated rings. The van der Waals surface area contributed by atoms with Crippen LogP contribution in [-0.4, -0.2) is 45.3 Å². The summed E-state index contributed by atoms with van der Waals surface area (Å²) in [6.07, 6.45) is 6.73. The van der Waals surface area contributed by atoms with Crippen LogP contribution in [0.25, 0.3) is 0 Å². The van der Waals surface area contributed by atoms with Crippen LogP contribution in [-0.2, 0) is 13.0 Å². The summed E-state index contributed by atoms with van der Waals surface area (Å²) in [5, 5.41) is 4.26. The summed E-state index contributed by atoms with van der Waals surface area (Å²) in [6.45, 7) is 2.87. The summed E-state index contributed by atoms with van der Waals surface area (Å²) in [7, 11) is 0. The first-order valence-electron chi connectivity index (χ1n) is 11.7. The van der Waals surface area contributed by atoms with Crippen LogP contribution in [0, 0.1) is 11.2 Å². The number of fused-ring (bicyclic) bond motifs is 2. The fraction of sp³-hybridized carbons (Fsp3) is 0.417. The molecule has 4 N–H and O–H groups in total. The van der Waals surface area contributed by atoms with E-state index in [9.17, 15) is 9.18 Å². The van der Waals surface area contributed by atoms with Crippen molar-refractivity contribution in [3.05, 3.63) is 59.3 Å². The van der Waals surface area contributed by atoms with E-state index >= 15 is 0 Å².